The van der Waals surface area contributed by atoms with E-state index in [-0.39, 0.29) is 17.4 Å². The van der Waals surface area contributed by atoms with E-state index >= 15 is 0 Å². The van der Waals surface area contributed by atoms with E-state index in [1.54, 1.807) is 6.92 Å². The third kappa shape index (κ3) is 3.70. The number of ether oxygens (including phenoxy) is 1. The number of carbonyl (C=O) groups excluding carboxylic acids is 1. The summed E-state index contributed by atoms with van der Waals surface area (Å²) >= 11 is 1.53. The van der Waals surface area contributed by atoms with Gasteiger partial charge in [0.15, 0.2) is 0 Å². The van der Waals surface area contributed by atoms with Crippen LogP contribution in [-0.4, -0.2) is 22.5 Å². The Morgan fingerprint density at radius 3 is 2.73 bits per heavy atom. The first-order chi connectivity index (χ1) is 12.5. The van der Waals surface area contributed by atoms with Crippen LogP contribution in [0.4, 0.5) is 0 Å². The summed E-state index contributed by atoms with van der Waals surface area (Å²) in [5.41, 5.74) is 1.84. The maximum Gasteiger partial charge on any atom is 0.308 e. The van der Waals surface area contributed by atoms with Gasteiger partial charge in [-0.2, -0.15) is 0 Å². The lowest BCUT2D eigenvalue weighted by Gasteiger charge is -2.09. The molecule has 0 amide bonds. The lowest BCUT2D eigenvalue weighted by Crippen LogP contribution is -2.17. The summed E-state index contributed by atoms with van der Waals surface area (Å²) in [4.78, 5) is 33.8. The fourth-order valence-corrected chi connectivity index (χ4v) is 4.05. The summed E-state index contributed by atoms with van der Waals surface area (Å²) in [6.45, 7) is 6.01. The Bertz CT molecular complexity index is 976. The van der Waals surface area contributed by atoms with Crippen LogP contribution < -0.4 is 5.56 Å². The van der Waals surface area contributed by atoms with Gasteiger partial charge in [0.25, 0.3) is 5.56 Å². The Labute approximate surface area is 156 Å². The summed E-state index contributed by atoms with van der Waals surface area (Å²) in [5.74, 6) is 0.176. The van der Waals surface area contributed by atoms with Gasteiger partial charge in [-0.05, 0) is 25.8 Å². The molecule has 0 aliphatic rings. The second kappa shape index (κ2) is 7.83. The zero-order chi connectivity index (χ0) is 18.7. The Hall–Kier alpha value is -2.47. The number of aromatic nitrogens is 2. The first-order valence-electron chi connectivity index (χ1n) is 8.75. The van der Waals surface area contributed by atoms with Crippen LogP contribution >= 0.6 is 11.3 Å². The number of aromatic amines is 1. The molecule has 2 heterocycles. The number of H-pyrrole nitrogens is 1. The van der Waals surface area contributed by atoms with Gasteiger partial charge in [0, 0.05) is 16.9 Å². The second-order valence-corrected chi connectivity index (χ2v) is 7.49. The Kier molecular flexibility index (Phi) is 5.52. The predicted octanol–water partition coefficient (Wildman–Crippen LogP) is 4.09. The molecule has 0 saturated carbocycles. The molecule has 5 nitrogen and oxygen atoms in total. The number of nitrogens with zero attached hydrogens (tertiary/aromatic N) is 1. The number of fused-ring (bicyclic) bond motifs is 1. The van der Waals surface area contributed by atoms with Gasteiger partial charge in [0.2, 0.25) is 0 Å². The van der Waals surface area contributed by atoms with E-state index in [0.717, 1.165) is 20.8 Å². The summed E-state index contributed by atoms with van der Waals surface area (Å²) in [6.07, 6.45) is 1.12. The summed E-state index contributed by atoms with van der Waals surface area (Å²) in [5, 5.41) is 0.640. The smallest absolute Gasteiger partial charge is 0.308 e. The van der Waals surface area contributed by atoms with Crippen LogP contribution in [0.25, 0.3) is 21.3 Å². The van der Waals surface area contributed by atoms with Gasteiger partial charge in [-0.25, -0.2) is 4.98 Å². The number of thiophene rings is 1. The van der Waals surface area contributed by atoms with Crippen molar-refractivity contribution < 1.29 is 9.53 Å². The number of benzene rings is 1. The molecule has 1 atom stereocenters. The summed E-state index contributed by atoms with van der Waals surface area (Å²) in [6, 6.07) is 9.89. The van der Waals surface area contributed by atoms with Crippen molar-refractivity contribution in [2.24, 2.45) is 5.92 Å². The lowest BCUT2D eigenvalue weighted by atomic mass is 10.0. The minimum Gasteiger partial charge on any atom is -0.466 e. The molecule has 0 saturated heterocycles. The molecule has 0 bridgehead atoms. The molecule has 0 aliphatic heterocycles. The molecule has 26 heavy (non-hydrogen) atoms. The van der Waals surface area contributed by atoms with Crippen molar-refractivity contribution >= 4 is 27.5 Å². The predicted molar refractivity (Wildman–Crippen MR) is 105 cm³/mol. The highest BCUT2D eigenvalue weighted by molar-refractivity contribution is 7.19. The molecule has 0 radical (unpaired) electrons. The Morgan fingerprint density at radius 1 is 1.31 bits per heavy atom. The number of hydrogen-bond donors (Lipinski definition) is 1. The fourth-order valence-electron chi connectivity index (χ4n) is 2.99. The van der Waals surface area contributed by atoms with E-state index in [4.69, 9.17) is 4.74 Å². The molecular weight excluding hydrogens is 348 g/mol. The van der Waals surface area contributed by atoms with Crippen molar-refractivity contribution in [3.8, 4) is 11.1 Å². The third-order valence-electron chi connectivity index (χ3n) is 4.35. The van der Waals surface area contributed by atoms with Crippen LogP contribution in [0.15, 0.2) is 35.1 Å². The molecular formula is C20H22N2O3S. The van der Waals surface area contributed by atoms with Crippen molar-refractivity contribution in [2.75, 3.05) is 6.61 Å². The highest BCUT2D eigenvalue weighted by Crippen LogP contribution is 2.35. The zero-order valence-electron chi connectivity index (χ0n) is 15.2. The quantitative estimate of drug-likeness (QED) is 0.663. The lowest BCUT2D eigenvalue weighted by molar-refractivity contribution is -0.147. The Morgan fingerprint density at radius 2 is 2.04 bits per heavy atom. The number of nitrogens with one attached hydrogen (secondary N) is 1. The minimum absolute atomic E-state index is 0.128. The van der Waals surface area contributed by atoms with E-state index in [1.165, 1.54) is 11.3 Å². The number of aryl methyl sites for hydroxylation is 2. The molecule has 0 spiro atoms. The van der Waals surface area contributed by atoms with E-state index in [0.29, 0.717) is 30.7 Å². The molecule has 3 rings (SSSR count). The summed E-state index contributed by atoms with van der Waals surface area (Å²) < 4.78 is 5.02. The topological polar surface area (TPSA) is 72.0 Å². The van der Waals surface area contributed by atoms with E-state index in [2.05, 4.69) is 9.97 Å². The van der Waals surface area contributed by atoms with Crippen LogP contribution in [0.1, 0.15) is 31.0 Å². The number of esters is 1. The molecule has 6 heteroatoms. The van der Waals surface area contributed by atoms with Crippen LogP contribution in [-0.2, 0) is 16.0 Å². The van der Waals surface area contributed by atoms with Crippen LogP contribution in [0.5, 0.6) is 0 Å². The van der Waals surface area contributed by atoms with Gasteiger partial charge in [-0.1, -0.05) is 37.3 Å². The second-order valence-electron chi connectivity index (χ2n) is 6.28. The fraction of sp³-hybridized carbons (Fsp3) is 0.350. The van der Waals surface area contributed by atoms with Crippen molar-refractivity contribution in [3.05, 3.63) is 51.4 Å². The van der Waals surface area contributed by atoms with E-state index in [9.17, 15) is 9.59 Å². The van der Waals surface area contributed by atoms with Crippen LogP contribution in [0.3, 0.4) is 0 Å². The molecule has 2 aromatic heterocycles. The monoisotopic (exact) mass is 370 g/mol. The standard InChI is InChI=1S/C20H22N2O3S/c1-4-25-20(24)12(2)10-11-15-21-18(23)17-16(13(3)26-19(17)22-15)14-8-6-5-7-9-14/h5-9,12H,4,10-11H2,1-3H3,(H,21,22,23). The SMILES string of the molecule is CCOC(=O)C(C)CCc1nc2sc(C)c(-c3ccccc3)c2c(=O)[nH]1. The molecule has 1 aromatic carbocycles. The van der Waals surface area contributed by atoms with Crippen molar-refractivity contribution in [1.82, 2.24) is 9.97 Å². The molecule has 3 aromatic rings. The van der Waals surface area contributed by atoms with Gasteiger partial charge in [-0.3, -0.25) is 9.59 Å². The maximum atomic E-state index is 12.7. The largest absolute Gasteiger partial charge is 0.466 e. The first kappa shape index (κ1) is 18.3. The van der Waals surface area contributed by atoms with Crippen molar-refractivity contribution in [3.63, 3.8) is 0 Å². The average molecular weight is 370 g/mol. The normalized spacial score (nSPS) is 12.3. The molecule has 0 aliphatic carbocycles. The minimum atomic E-state index is -0.221. The summed E-state index contributed by atoms with van der Waals surface area (Å²) in [7, 11) is 0. The van der Waals surface area contributed by atoms with Gasteiger partial charge in [-0.15, -0.1) is 11.3 Å². The number of rotatable bonds is 6. The first-order valence-corrected chi connectivity index (χ1v) is 9.57. The number of hydrogen-bond acceptors (Lipinski definition) is 5. The van der Waals surface area contributed by atoms with Crippen molar-refractivity contribution in [1.29, 1.82) is 0 Å². The van der Waals surface area contributed by atoms with Gasteiger partial charge in [0.05, 0.1) is 17.9 Å². The highest BCUT2D eigenvalue weighted by Gasteiger charge is 2.18. The highest BCUT2D eigenvalue weighted by atomic mass is 32.1. The third-order valence-corrected chi connectivity index (χ3v) is 5.35. The van der Waals surface area contributed by atoms with E-state index in [1.807, 2.05) is 44.2 Å². The van der Waals surface area contributed by atoms with E-state index < -0.39 is 0 Å². The van der Waals surface area contributed by atoms with Gasteiger partial charge in [0.1, 0.15) is 10.7 Å². The van der Waals surface area contributed by atoms with Gasteiger partial charge < -0.3 is 9.72 Å². The molecule has 0 fully saturated rings. The van der Waals surface area contributed by atoms with Crippen LogP contribution in [0, 0.1) is 12.8 Å². The molecule has 1 N–H and O–H groups in total. The zero-order valence-corrected chi connectivity index (χ0v) is 16.0. The maximum absolute atomic E-state index is 12.7. The molecule has 136 valence electrons. The van der Waals surface area contributed by atoms with Crippen molar-refractivity contribution in [2.45, 2.75) is 33.6 Å². The average Bonchev–Trinajstić information content (AvgIpc) is 2.97. The Balaban J connectivity index is 1.90. The van der Waals surface area contributed by atoms with Crippen LogP contribution in [0.2, 0.25) is 0 Å². The number of carbonyl (C=O) groups is 1. The molecule has 1 unspecified atom stereocenters. The van der Waals surface area contributed by atoms with Gasteiger partial charge >= 0.3 is 5.97 Å².